The number of nitrogens with two attached hydrogens (primary N) is 1. The van der Waals surface area contributed by atoms with Crippen molar-refractivity contribution in [2.24, 2.45) is 5.73 Å². The quantitative estimate of drug-likeness (QED) is 0.902. The first-order valence-corrected chi connectivity index (χ1v) is 7.75. The standard InChI is InChI=1S/C12H17ClN2O2S/c1-9-7-10(13)4-5-12(9)18(16,17)15-6-2-3-11(14)8-15/h4-5,7,11H,2-3,6,8,14H2,1H3/t11-/m1/s1. The molecule has 1 aromatic carbocycles. The van der Waals surface area contributed by atoms with E-state index in [0.29, 0.717) is 28.6 Å². The molecular weight excluding hydrogens is 272 g/mol. The predicted molar refractivity (Wildman–Crippen MR) is 72.2 cm³/mol. The Balaban J connectivity index is 2.35. The van der Waals surface area contributed by atoms with Crippen LogP contribution >= 0.6 is 11.6 Å². The molecule has 1 heterocycles. The van der Waals surface area contributed by atoms with Crippen molar-refractivity contribution < 1.29 is 8.42 Å². The molecule has 1 aliphatic rings. The number of sulfonamides is 1. The van der Waals surface area contributed by atoms with Crippen molar-refractivity contribution in [3.05, 3.63) is 28.8 Å². The Morgan fingerprint density at radius 3 is 2.78 bits per heavy atom. The van der Waals surface area contributed by atoms with Crippen LogP contribution in [-0.4, -0.2) is 31.9 Å². The molecule has 2 N–H and O–H groups in total. The van der Waals surface area contributed by atoms with Crippen molar-refractivity contribution in [1.82, 2.24) is 4.31 Å². The fourth-order valence-electron chi connectivity index (χ4n) is 2.23. The van der Waals surface area contributed by atoms with E-state index in [1.807, 2.05) is 0 Å². The molecule has 0 amide bonds. The number of halogens is 1. The Bertz CT molecular complexity index is 545. The van der Waals surface area contributed by atoms with Gasteiger partial charge in [0.15, 0.2) is 0 Å². The van der Waals surface area contributed by atoms with Gasteiger partial charge in [0.05, 0.1) is 4.90 Å². The van der Waals surface area contributed by atoms with Crippen molar-refractivity contribution in [2.75, 3.05) is 13.1 Å². The minimum Gasteiger partial charge on any atom is -0.327 e. The highest BCUT2D eigenvalue weighted by Crippen LogP contribution is 2.25. The Kier molecular flexibility index (Phi) is 3.96. The van der Waals surface area contributed by atoms with Gasteiger partial charge < -0.3 is 5.73 Å². The molecule has 2 rings (SSSR count). The summed E-state index contributed by atoms with van der Waals surface area (Å²) >= 11 is 5.85. The summed E-state index contributed by atoms with van der Waals surface area (Å²) in [5, 5.41) is 0.543. The SMILES string of the molecule is Cc1cc(Cl)ccc1S(=O)(=O)N1CCC[C@@H](N)C1. The zero-order valence-electron chi connectivity index (χ0n) is 10.3. The Morgan fingerprint density at radius 1 is 1.44 bits per heavy atom. The van der Waals surface area contributed by atoms with Crippen LogP contribution in [0.1, 0.15) is 18.4 Å². The molecule has 0 saturated carbocycles. The number of piperidine rings is 1. The van der Waals surface area contributed by atoms with Gasteiger partial charge in [0, 0.05) is 24.2 Å². The molecule has 1 saturated heterocycles. The summed E-state index contributed by atoms with van der Waals surface area (Å²) < 4.78 is 26.5. The van der Waals surface area contributed by atoms with Crippen molar-refractivity contribution in [3.8, 4) is 0 Å². The Labute approximate surface area is 113 Å². The van der Waals surface area contributed by atoms with Gasteiger partial charge in [-0.1, -0.05) is 11.6 Å². The van der Waals surface area contributed by atoms with E-state index in [1.54, 1.807) is 25.1 Å². The van der Waals surface area contributed by atoms with E-state index in [1.165, 1.54) is 4.31 Å². The van der Waals surface area contributed by atoms with Crippen LogP contribution in [0.3, 0.4) is 0 Å². The molecule has 0 aliphatic carbocycles. The summed E-state index contributed by atoms with van der Waals surface area (Å²) in [5.74, 6) is 0. The van der Waals surface area contributed by atoms with E-state index in [9.17, 15) is 8.42 Å². The fraction of sp³-hybridized carbons (Fsp3) is 0.500. The van der Waals surface area contributed by atoms with Crippen LogP contribution < -0.4 is 5.73 Å². The number of nitrogens with zero attached hydrogens (tertiary/aromatic N) is 1. The van der Waals surface area contributed by atoms with Gasteiger partial charge in [-0.15, -0.1) is 0 Å². The third-order valence-electron chi connectivity index (χ3n) is 3.18. The smallest absolute Gasteiger partial charge is 0.243 e. The van der Waals surface area contributed by atoms with Crippen LogP contribution in [-0.2, 0) is 10.0 Å². The van der Waals surface area contributed by atoms with Crippen molar-refractivity contribution in [3.63, 3.8) is 0 Å². The zero-order valence-corrected chi connectivity index (χ0v) is 11.8. The monoisotopic (exact) mass is 288 g/mol. The Morgan fingerprint density at radius 2 is 2.17 bits per heavy atom. The average molecular weight is 289 g/mol. The molecule has 1 aliphatic heterocycles. The maximum absolute atomic E-state index is 12.5. The lowest BCUT2D eigenvalue weighted by molar-refractivity contribution is 0.316. The van der Waals surface area contributed by atoms with Crippen LogP contribution in [0.5, 0.6) is 0 Å². The number of hydrogen-bond acceptors (Lipinski definition) is 3. The lowest BCUT2D eigenvalue weighted by atomic mass is 10.1. The molecule has 1 aromatic rings. The lowest BCUT2D eigenvalue weighted by Gasteiger charge is -2.30. The van der Waals surface area contributed by atoms with Gasteiger partial charge in [0.1, 0.15) is 0 Å². The normalized spacial score (nSPS) is 22.1. The maximum atomic E-state index is 12.5. The van der Waals surface area contributed by atoms with Crippen molar-refractivity contribution in [1.29, 1.82) is 0 Å². The third-order valence-corrected chi connectivity index (χ3v) is 5.44. The van der Waals surface area contributed by atoms with Gasteiger partial charge in [0.25, 0.3) is 0 Å². The number of aryl methyl sites for hydroxylation is 1. The highest BCUT2D eigenvalue weighted by atomic mass is 35.5. The van der Waals surface area contributed by atoms with Gasteiger partial charge in [-0.25, -0.2) is 8.42 Å². The molecule has 0 spiro atoms. The molecule has 0 bridgehead atoms. The second-order valence-corrected chi connectivity index (χ2v) is 7.02. The molecule has 4 nitrogen and oxygen atoms in total. The summed E-state index contributed by atoms with van der Waals surface area (Å²) in [6.07, 6.45) is 1.69. The molecule has 18 heavy (non-hydrogen) atoms. The summed E-state index contributed by atoms with van der Waals surface area (Å²) in [4.78, 5) is 0.320. The first-order valence-electron chi connectivity index (χ1n) is 5.93. The highest BCUT2D eigenvalue weighted by molar-refractivity contribution is 7.89. The summed E-state index contributed by atoms with van der Waals surface area (Å²) in [6.45, 7) is 2.69. The molecule has 0 aromatic heterocycles. The number of benzene rings is 1. The molecule has 6 heteroatoms. The van der Waals surface area contributed by atoms with Gasteiger partial charge in [0.2, 0.25) is 10.0 Å². The maximum Gasteiger partial charge on any atom is 0.243 e. The van der Waals surface area contributed by atoms with E-state index < -0.39 is 10.0 Å². The second-order valence-electron chi connectivity index (χ2n) is 4.68. The van der Waals surface area contributed by atoms with E-state index in [4.69, 9.17) is 17.3 Å². The van der Waals surface area contributed by atoms with Crippen molar-refractivity contribution in [2.45, 2.75) is 30.7 Å². The molecule has 100 valence electrons. The summed E-state index contributed by atoms with van der Waals surface area (Å²) in [7, 11) is -3.45. The largest absolute Gasteiger partial charge is 0.327 e. The second kappa shape index (κ2) is 5.17. The Hall–Kier alpha value is -0.620. The van der Waals surface area contributed by atoms with Gasteiger partial charge in [-0.05, 0) is 43.5 Å². The lowest BCUT2D eigenvalue weighted by Crippen LogP contribution is -2.45. The first-order chi connectivity index (χ1) is 8.41. The number of hydrogen-bond donors (Lipinski definition) is 1. The minimum atomic E-state index is -3.45. The van der Waals surface area contributed by atoms with E-state index >= 15 is 0 Å². The van der Waals surface area contributed by atoms with Crippen LogP contribution in [0.15, 0.2) is 23.1 Å². The number of rotatable bonds is 2. The molecule has 0 unspecified atom stereocenters. The van der Waals surface area contributed by atoms with E-state index in [-0.39, 0.29) is 6.04 Å². The van der Waals surface area contributed by atoms with Crippen LogP contribution in [0.4, 0.5) is 0 Å². The van der Waals surface area contributed by atoms with Crippen molar-refractivity contribution >= 4 is 21.6 Å². The van der Waals surface area contributed by atoms with E-state index in [2.05, 4.69) is 0 Å². The minimum absolute atomic E-state index is 0.0684. The average Bonchev–Trinajstić information content (AvgIpc) is 2.28. The van der Waals surface area contributed by atoms with Crippen LogP contribution in [0, 0.1) is 6.92 Å². The fourth-order valence-corrected chi connectivity index (χ4v) is 4.20. The zero-order chi connectivity index (χ0) is 13.3. The first kappa shape index (κ1) is 13.8. The van der Waals surface area contributed by atoms with Crippen LogP contribution in [0.25, 0.3) is 0 Å². The van der Waals surface area contributed by atoms with E-state index in [0.717, 1.165) is 12.8 Å². The third kappa shape index (κ3) is 2.69. The van der Waals surface area contributed by atoms with Gasteiger partial charge >= 0.3 is 0 Å². The highest BCUT2D eigenvalue weighted by Gasteiger charge is 2.29. The predicted octanol–water partition coefficient (Wildman–Crippen LogP) is 1.76. The van der Waals surface area contributed by atoms with Gasteiger partial charge in [-0.3, -0.25) is 0 Å². The summed E-state index contributed by atoms with van der Waals surface area (Å²) in [5.41, 5.74) is 6.50. The summed E-state index contributed by atoms with van der Waals surface area (Å²) in [6, 6.07) is 4.76. The molecule has 1 fully saturated rings. The van der Waals surface area contributed by atoms with Gasteiger partial charge in [-0.2, -0.15) is 4.31 Å². The topological polar surface area (TPSA) is 63.4 Å². The molecular formula is C12H17ClN2O2S. The molecule has 0 radical (unpaired) electrons. The molecule has 1 atom stereocenters. The van der Waals surface area contributed by atoms with Crippen LogP contribution in [0.2, 0.25) is 5.02 Å².